The molecule has 0 aliphatic carbocycles. The first kappa shape index (κ1) is 29.7. The van der Waals surface area contributed by atoms with Crippen LogP contribution in [0.25, 0.3) is 0 Å². The van der Waals surface area contributed by atoms with Crippen molar-refractivity contribution in [3.05, 3.63) is 59.0 Å². The number of para-hydroxylation sites is 1. The van der Waals surface area contributed by atoms with Crippen LogP contribution in [-0.4, -0.2) is 80.1 Å². The molecular formula is C29H36N4O8S. The van der Waals surface area contributed by atoms with Crippen molar-refractivity contribution >= 4 is 21.6 Å². The Kier molecular flexibility index (Phi) is 8.35. The molecule has 3 atom stereocenters. The first-order valence-electron chi connectivity index (χ1n) is 13.7. The third-order valence-electron chi connectivity index (χ3n) is 7.55. The quantitative estimate of drug-likeness (QED) is 0.376. The first-order chi connectivity index (χ1) is 20.0. The van der Waals surface area contributed by atoms with Crippen LogP contribution in [0, 0.1) is 19.8 Å². The van der Waals surface area contributed by atoms with E-state index in [2.05, 4.69) is 14.8 Å². The number of amides is 1. The molecule has 0 saturated heterocycles. The van der Waals surface area contributed by atoms with Gasteiger partial charge in [0.25, 0.3) is 15.9 Å². The molecule has 1 aromatic heterocycles. The van der Waals surface area contributed by atoms with Crippen LogP contribution < -0.4 is 18.9 Å². The lowest BCUT2D eigenvalue weighted by molar-refractivity contribution is 0.0344. The van der Waals surface area contributed by atoms with Gasteiger partial charge in [-0.25, -0.2) is 8.42 Å². The van der Waals surface area contributed by atoms with E-state index in [1.807, 2.05) is 32.2 Å². The fourth-order valence-electron chi connectivity index (χ4n) is 5.32. The minimum Gasteiger partial charge on any atom is -0.486 e. The van der Waals surface area contributed by atoms with Crippen LogP contribution in [0.15, 0.2) is 45.8 Å². The van der Waals surface area contributed by atoms with Gasteiger partial charge in [-0.3, -0.25) is 14.4 Å². The lowest BCUT2D eigenvalue weighted by Gasteiger charge is -2.38. The maximum absolute atomic E-state index is 13.8. The number of benzene rings is 2. The van der Waals surface area contributed by atoms with Crippen LogP contribution in [-0.2, 0) is 16.6 Å². The number of aromatic nitrogens is 1. The largest absolute Gasteiger partial charge is 0.486 e. The van der Waals surface area contributed by atoms with E-state index in [0.717, 1.165) is 5.56 Å². The van der Waals surface area contributed by atoms with Crippen LogP contribution in [0.3, 0.4) is 0 Å². The molecule has 1 amide bonds. The van der Waals surface area contributed by atoms with Crippen molar-refractivity contribution in [3.8, 4) is 17.2 Å². The number of nitrogens with zero attached hydrogens (tertiary/aromatic N) is 3. The van der Waals surface area contributed by atoms with Crippen LogP contribution in [0.2, 0.25) is 0 Å². The molecule has 0 fully saturated rings. The average molecular weight is 601 g/mol. The van der Waals surface area contributed by atoms with Crippen LogP contribution in [0.5, 0.6) is 17.2 Å². The maximum atomic E-state index is 13.8. The van der Waals surface area contributed by atoms with Gasteiger partial charge in [-0.05, 0) is 57.6 Å². The molecule has 42 heavy (non-hydrogen) atoms. The first-order valence-corrected chi connectivity index (χ1v) is 15.2. The number of anilines is 1. The summed E-state index contributed by atoms with van der Waals surface area (Å²) in [7, 11) is -2.16. The number of hydrogen-bond acceptors (Lipinski definition) is 10. The second-order valence-corrected chi connectivity index (χ2v) is 12.6. The van der Waals surface area contributed by atoms with Crippen molar-refractivity contribution in [3.63, 3.8) is 0 Å². The molecule has 13 heteroatoms. The van der Waals surface area contributed by atoms with Crippen molar-refractivity contribution in [1.82, 2.24) is 15.0 Å². The number of nitrogens with one attached hydrogen (secondary N) is 1. The van der Waals surface area contributed by atoms with Gasteiger partial charge in [0, 0.05) is 25.6 Å². The van der Waals surface area contributed by atoms with Crippen molar-refractivity contribution in [2.75, 3.05) is 38.3 Å². The Morgan fingerprint density at radius 3 is 2.67 bits per heavy atom. The van der Waals surface area contributed by atoms with E-state index in [-0.39, 0.29) is 58.6 Å². The number of hydrogen-bond donors (Lipinski definition) is 2. The molecule has 0 saturated carbocycles. The maximum Gasteiger partial charge on any atom is 0.267 e. The van der Waals surface area contributed by atoms with Gasteiger partial charge in [-0.1, -0.05) is 24.2 Å². The highest BCUT2D eigenvalue weighted by Crippen LogP contribution is 2.37. The number of rotatable bonds is 9. The molecule has 0 bridgehead atoms. The molecular weight excluding hydrogens is 564 g/mol. The van der Waals surface area contributed by atoms with E-state index in [9.17, 15) is 18.3 Å². The van der Waals surface area contributed by atoms with E-state index in [1.54, 1.807) is 36.9 Å². The Hall–Kier alpha value is -3.81. The topological polar surface area (TPSA) is 144 Å². The standard InChI is InChI=1S/C29H36N4O8S/c1-17-12-33(18(2)15-34)29(35)22-7-6-8-23(31-42(36,37)28-19(3)30-41-20(28)4)27(22)40-26(17)14-32(5)13-21-9-10-24-25(11-21)39-16-38-24/h6-11,17-18,26,31,34H,12-16H2,1-5H3/t17-,18-,26-/m1/s1. The molecule has 226 valence electrons. The molecule has 2 aliphatic heterocycles. The zero-order valence-electron chi connectivity index (χ0n) is 24.3. The summed E-state index contributed by atoms with van der Waals surface area (Å²) >= 11 is 0. The third-order valence-corrected chi connectivity index (χ3v) is 9.16. The lowest BCUT2D eigenvalue weighted by atomic mass is 9.99. The van der Waals surface area contributed by atoms with E-state index >= 15 is 0 Å². The molecule has 0 unspecified atom stereocenters. The number of carbonyl (C=O) groups is 1. The Morgan fingerprint density at radius 2 is 1.95 bits per heavy atom. The highest BCUT2D eigenvalue weighted by atomic mass is 32.2. The van der Waals surface area contributed by atoms with E-state index in [4.69, 9.17) is 18.7 Å². The molecule has 3 aromatic rings. The zero-order chi connectivity index (χ0) is 30.2. The number of sulfonamides is 1. The molecule has 2 aliphatic rings. The molecule has 2 N–H and O–H groups in total. The summed E-state index contributed by atoms with van der Waals surface area (Å²) < 4.78 is 52.0. The minimum absolute atomic E-state index is 0.0684. The van der Waals surface area contributed by atoms with Gasteiger partial charge < -0.3 is 28.7 Å². The fraction of sp³-hybridized carbons (Fsp3) is 0.448. The molecule has 12 nitrogen and oxygen atoms in total. The summed E-state index contributed by atoms with van der Waals surface area (Å²) in [5.74, 6) is 1.17. The van der Waals surface area contributed by atoms with E-state index in [1.165, 1.54) is 6.92 Å². The van der Waals surface area contributed by atoms with Crippen molar-refractivity contribution in [2.45, 2.75) is 51.3 Å². The molecule has 2 aromatic carbocycles. The number of ether oxygens (including phenoxy) is 3. The Bertz CT molecular complexity index is 1550. The number of aliphatic hydroxyl groups is 1. The number of carbonyl (C=O) groups excluding carboxylic acids is 1. The van der Waals surface area contributed by atoms with E-state index < -0.39 is 22.2 Å². The SMILES string of the molecule is Cc1noc(C)c1S(=O)(=O)Nc1cccc2c1O[C@H](CN(C)Cc1ccc3c(c1)OCO3)[C@H](C)CN([C@H](C)CO)C2=O. The average Bonchev–Trinajstić information content (AvgIpc) is 3.55. The summed E-state index contributed by atoms with van der Waals surface area (Å²) in [6.45, 7) is 8.20. The van der Waals surface area contributed by atoms with Crippen molar-refractivity contribution < 1.29 is 37.1 Å². The molecule has 3 heterocycles. The highest BCUT2D eigenvalue weighted by molar-refractivity contribution is 7.92. The van der Waals surface area contributed by atoms with Gasteiger partial charge in [-0.2, -0.15) is 0 Å². The summed E-state index contributed by atoms with van der Waals surface area (Å²) in [4.78, 5) is 17.4. The number of aryl methyl sites for hydroxylation is 2. The summed E-state index contributed by atoms with van der Waals surface area (Å²) in [5.41, 5.74) is 1.56. The van der Waals surface area contributed by atoms with Crippen LogP contribution in [0.1, 0.15) is 41.2 Å². The van der Waals surface area contributed by atoms with Gasteiger partial charge in [0.15, 0.2) is 27.9 Å². The van der Waals surface area contributed by atoms with Crippen molar-refractivity contribution in [1.29, 1.82) is 0 Å². The van der Waals surface area contributed by atoms with Gasteiger partial charge in [-0.15, -0.1) is 0 Å². The van der Waals surface area contributed by atoms with Gasteiger partial charge in [0.2, 0.25) is 6.79 Å². The predicted octanol–water partition coefficient (Wildman–Crippen LogP) is 3.17. The molecule has 0 radical (unpaired) electrons. The Morgan fingerprint density at radius 1 is 1.19 bits per heavy atom. The van der Waals surface area contributed by atoms with Gasteiger partial charge in [0.1, 0.15) is 11.8 Å². The number of likely N-dealkylation sites (N-methyl/N-ethyl adjacent to an activating group) is 1. The second-order valence-electron chi connectivity index (χ2n) is 10.9. The third kappa shape index (κ3) is 5.90. The smallest absolute Gasteiger partial charge is 0.267 e. The van der Waals surface area contributed by atoms with Gasteiger partial charge in [0.05, 0.1) is 23.9 Å². The van der Waals surface area contributed by atoms with Crippen LogP contribution in [0.4, 0.5) is 5.69 Å². The summed E-state index contributed by atoms with van der Waals surface area (Å²) in [6.07, 6.45) is -0.436. The van der Waals surface area contributed by atoms with E-state index in [0.29, 0.717) is 31.1 Å². The highest BCUT2D eigenvalue weighted by Gasteiger charge is 2.35. The monoisotopic (exact) mass is 600 g/mol. The van der Waals surface area contributed by atoms with Crippen molar-refractivity contribution in [2.24, 2.45) is 5.92 Å². The number of aliphatic hydroxyl groups excluding tert-OH is 1. The Balaban J connectivity index is 1.48. The Labute approximate surface area is 245 Å². The number of fused-ring (bicyclic) bond motifs is 2. The molecule has 0 spiro atoms. The fourth-order valence-corrected chi connectivity index (χ4v) is 6.71. The summed E-state index contributed by atoms with van der Waals surface area (Å²) in [5, 5.41) is 13.7. The molecule has 5 rings (SSSR count). The minimum atomic E-state index is -4.12. The predicted molar refractivity (Wildman–Crippen MR) is 153 cm³/mol. The normalized spacial score (nSPS) is 19.2. The lowest BCUT2D eigenvalue weighted by Crippen LogP contribution is -2.49. The van der Waals surface area contributed by atoms with Crippen LogP contribution >= 0.6 is 0 Å². The van der Waals surface area contributed by atoms with Gasteiger partial charge >= 0.3 is 0 Å². The summed E-state index contributed by atoms with van der Waals surface area (Å²) in [6, 6.07) is 10.1. The zero-order valence-corrected chi connectivity index (χ0v) is 25.1. The second kappa shape index (κ2) is 11.8.